The van der Waals surface area contributed by atoms with Crippen molar-refractivity contribution < 1.29 is 9.84 Å². The highest BCUT2D eigenvalue weighted by Crippen LogP contribution is 2.38. The zero-order valence-electron chi connectivity index (χ0n) is 10.4. The molecule has 0 aliphatic heterocycles. The van der Waals surface area contributed by atoms with Gasteiger partial charge in [-0.25, -0.2) is 0 Å². The molecule has 94 valence electrons. The van der Waals surface area contributed by atoms with Gasteiger partial charge in [-0.05, 0) is 36.8 Å². The van der Waals surface area contributed by atoms with Gasteiger partial charge in [-0.15, -0.1) is 0 Å². The van der Waals surface area contributed by atoms with Crippen LogP contribution in [0, 0.1) is 5.41 Å². The standard InChI is InChI=1S/C15H22O2/c16-13-15(9-5-2-6-10-15)11-12-17-14-7-3-1-4-8-14/h1,3-4,7-8,16H,2,5-6,9-13H2. The molecule has 0 unspecified atom stereocenters. The summed E-state index contributed by atoms with van der Waals surface area (Å²) in [6, 6.07) is 9.91. The maximum absolute atomic E-state index is 9.58. The Morgan fingerprint density at radius 3 is 2.41 bits per heavy atom. The van der Waals surface area contributed by atoms with Gasteiger partial charge in [0.2, 0.25) is 0 Å². The summed E-state index contributed by atoms with van der Waals surface area (Å²) in [6.45, 7) is 1.02. The largest absolute Gasteiger partial charge is 0.494 e. The molecule has 0 atom stereocenters. The summed E-state index contributed by atoms with van der Waals surface area (Å²) in [5.41, 5.74) is 0.132. The average Bonchev–Trinajstić information content (AvgIpc) is 2.41. The van der Waals surface area contributed by atoms with Gasteiger partial charge in [-0.1, -0.05) is 37.5 Å². The first-order valence-corrected chi connectivity index (χ1v) is 6.63. The second-order valence-corrected chi connectivity index (χ2v) is 5.13. The van der Waals surface area contributed by atoms with Gasteiger partial charge in [-0.2, -0.15) is 0 Å². The molecular weight excluding hydrogens is 212 g/mol. The summed E-state index contributed by atoms with van der Waals surface area (Å²) in [7, 11) is 0. The Hall–Kier alpha value is -1.02. The van der Waals surface area contributed by atoms with Crippen LogP contribution in [0.4, 0.5) is 0 Å². The van der Waals surface area contributed by atoms with Crippen LogP contribution in [0.5, 0.6) is 5.75 Å². The monoisotopic (exact) mass is 234 g/mol. The Morgan fingerprint density at radius 1 is 1.06 bits per heavy atom. The molecule has 1 aromatic carbocycles. The number of aliphatic hydroxyl groups excluding tert-OH is 1. The van der Waals surface area contributed by atoms with E-state index in [9.17, 15) is 5.11 Å². The van der Waals surface area contributed by atoms with E-state index in [4.69, 9.17) is 4.74 Å². The molecule has 0 saturated heterocycles. The van der Waals surface area contributed by atoms with Crippen molar-refractivity contribution in [2.24, 2.45) is 5.41 Å². The summed E-state index contributed by atoms with van der Waals surface area (Å²) in [5, 5.41) is 9.58. The molecule has 0 bridgehead atoms. The Bertz CT molecular complexity index is 315. The van der Waals surface area contributed by atoms with Crippen molar-refractivity contribution in [2.75, 3.05) is 13.2 Å². The Labute approximate surface area is 104 Å². The third kappa shape index (κ3) is 3.47. The lowest BCUT2D eigenvalue weighted by Gasteiger charge is -2.35. The van der Waals surface area contributed by atoms with Crippen molar-refractivity contribution in [3.8, 4) is 5.75 Å². The zero-order valence-corrected chi connectivity index (χ0v) is 10.4. The third-order valence-corrected chi connectivity index (χ3v) is 3.89. The van der Waals surface area contributed by atoms with Gasteiger partial charge in [0.15, 0.2) is 0 Å². The number of benzene rings is 1. The maximum atomic E-state index is 9.58. The van der Waals surface area contributed by atoms with Crippen molar-refractivity contribution in [3.63, 3.8) is 0 Å². The van der Waals surface area contributed by atoms with Crippen LogP contribution in [0.15, 0.2) is 30.3 Å². The molecule has 0 spiro atoms. The van der Waals surface area contributed by atoms with E-state index < -0.39 is 0 Å². The molecular formula is C15H22O2. The molecule has 17 heavy (non-hydrogen) atoms. The molecule has 2 nitrogen and oxygen atoms in total. The molecule has 0 radical (unpaired) electrons. The van der Waals surface area contributed by atoms with Crippen LogP contribution < -0.4 is 4.74 Å². The minimum atomic E-state index is 0.132. The van der Waals surface area contributed by atoms with E-state index in [1.165, 1.54) is 19.3 Å². The summed E-state index contributed by atoms with van der Waals surface area (Å²) < 4.78 is 5.72. The number of hydrogen-bond acceptors (Lipinski definition) is 2. The first kappa shape index (κ1) is 12.4. The highest BCUT2D eigenvalue weighted by molar-refractivity contribution is 5.20. The van der Waals surface area contributed by atoms with Gasteiger partial charge in [0.1, 0.15) is 5.75 Å². The topological polar surface area (TPSA) is 29.5 Å². The molecule has 1 aromatic rings. The van der Waals surface area contributed by atoms with E-state index in [2.05, 4.69) is 0 Å². The second kappa shape index (κ2) is 6.06. The van der Waals surface area contributed by atoms with Crippen LogP contribution in [0.2, 0.25) is 0 Å². The average molecular weight is 234 g/mol. The molecule has 1 fully saturated rings. The van der Waals surface area contributed by atoms with Gasteiger partial charge in [-0.3, -0.25) is 0 Å². The van der Waals surface area contributed by atoms with Crippen LogP contribution in [0.25, 0.3) is 0 Å². The third-order valence-electron chi connectivity index (χ3n) is 3.89. The molecule has 1 aliphatic rings. The van der Waals surface area contributed by atoms with Crippen LogP contribution in [-0.4, -0.2) is 18.3 Å². The SMILES string of the molecule is OCC1(CCOc2ccccc2)CCCCC1. The molecule has 0 amide bonds. The first-order valence-electron chi connectivity index (χ1n) is 6.63. The van der Waals surface area contributed by atoms with Crippen LogP contribution >= 0.6 is 0 Å². The minimum absolute atomic E-state index is 0.132. The summed E-state index contributed by atoms with van der Waals surface area (Å²) in [6.07, 6.45) is 7.11. The van der Waals surface area contributed by atoms with Crippen LogP contribution in [0.3, 0.4) is 0 Å². The predicted molar refractivity (Wildman–Crippen MR) is 69.2 cm³/mol. The van der Waals surface area contributed by atoms with Crippen molar-refractivity contribution in [2.45, 2.75) is 38.5 Å². The Balaban J connectivity index is 1.80. The molecule has 1 N–H and O–H groups in total. The van der Waals surface area contributed by atoms with E-state index in [1.807, 2.05) is 30.3 Å². The van der Waals surface area contributed by atoms with E-state index in [0.717, 1.165) is 25.0 Å². The first-order chi connectivity index (χ1) is 8.35. The molecule has 0 heterocycles. The summed E-state index contributed by atoms with van der Waals surface area (Å²) >= 11 is 0. The Kier molecular flexibility index (Phi) is 4.43. The fourth-order valence-corrected chi connectivity index (χ4v) is 2.69. The highest BCUT2D eigenvalue weighted by atomic mass is 16.5. The van der Waals surface area contributed by atoms with Crippen molar-refractivity contribution in [3.05, 3.63) is 30.3 Å². The predicted octanol–water partition coefficient (Wildman–Crippen LogP) is 3.40. The van der Waals surface area contributed by atoms with Gasteiger partial charge in [0, 0.05) is 6.61 Å². The molecule has 2 heteroatoms. The van der Waals surface area contributed by atoms with Crippen molar-refractivity contribution in [1.29, 1.82) is 0 Å². The van der Waals surface area contributed by atoms with Gasteiger partial charge < -0.3 is 9.84 Å². The fourth-order valence-electron chi connectivity index (χ4n) is 2.69. The fraction of sp³-hybridized carbons (Fsp3) is 0.600. The summed E-state index contributed by atoms with van der Waals surface area (Å²) in [5.74, 6) is 0.927. The number of ether oxygens (including phenoxy) is 1. The van der Waals surface area contributed by atoms with Crippen LogP contribution in [-0.2, 0) is 0 Å². The zero-order chi connectivity index (χ0) is 12.0. The molecule has 1 saturated carbocycles. The number of aliphatic hydroxyl groups is 1. The molecule has 1 aliphatic carbocycles. The summed E-state index contributed by atoms with van der Waals surface area (Å²) in [4.78, 5) is 0. The van der Waals surface area contributed by atoms with Gasteiger partial charge >= 0.3 is 0 Å². The van der Waals surface area contributed by atoms with E-state index in [0.29, 0.717) is 13.2 Å². The van der Waals surface area contributed by atoms with E-state index in [-0.39, 0.29) is 5.41 Å². The normalized spacial score (nSPS) is 18.9. The van der Waals surface area contributed by atoms with Crippen LogP contribution in [0.1, 0.15) is 38.5 Å². The lowest BCUT2D eigenvalue weighted by molar-refractivity contribution is 0.0585. The second-order valence-electron chi connectivity index (χ2n) is 5.13. The van der Waals surface area contributed by atoms with Crippen molar-refractivity contribution in [1.82, 2.24) is 0 Å². The smallest absolute Gasteiger partial charge is 0.119 e. The molecule has 0 aromatic heterocycles. The van der Waals surface area contributed by atoms with E-state index in [1.54, 1.807) is 0 Å². The quantitative estimate of drug-likeness (QED) is 0.846. The van der Waals surface area contributed by atoms with Gasteiger partial charge in [0.25, 0.3) is 0 Å². The Morgan fingerprint density at radius 2 is 1.76 bits per heavy atom. The maximum Gasteiger partial charge on any atom is 0.119 e. The van der Waals surface area contributed by atoms with E-state index >= 15 is 0 Å². The minimum Gasteiger partial charge on any atom is -0.494 e. The molecule has 2 rings (SSSR count). The van der Waals surface area contributed by atoms with Crippen molar-refractivity contribution >= 4 is 0 Å². The number of hydrogen-bond donors (Lipinski definition) is 1. The number of para-hydroxylation sites is 1. The highest BCUT2D eigenvalue weighted by Gasteiger charge is 2.30. The number of rotatable bonds is 5. The van der Waals surface area contributed by atoms with Gasteiger partial charge in [0.05, 0.1) is 6.61 Å². The lowest BCUT2D eigenvalue weighted by Crippen LogP contribution is -2.30. The lowest BCUT2D eigenvalue weighted by atomic mass is 9.72.